The molecule has 1 aromatic heterocycles. The van der Waals surface area contributed by atoms with Crippen molar-refractivity contribution in [2.75, 3.05) is 5.32 Å². The topological polar surface area (TPSA) is 63.3 Å². The molecular weight excluding hydrogens is 212 g/mol. The summed E-state index contributed by atoms with van der Waals surface area (Å²) in [6, 6.07) is 11.8. The van der Waals surface area contributed by atoms with Gasteiger partial charge in [0, 0.05) is 23.6 Å². The van der Waals surface area contributed by atoms with Gasteiger partial charge in [0.15, 0.2) is 0 Å². The summed E-state index contributed by atoms with van der Waals surface area (Å²) < 4.78 is 0. The van der Waals surface area contributed by atoms with Crippen molar-refractivity contribution in [3.8, 4) is 0 Å². The van der Waals surface area contributed by atoms with Crippen molar-refractivity contribution >= 4 is 11.5 Å². The minimum atomic E-state index is -0.132. The van der Waals surface area contributed by atoms with Crippen molar-refractivity contribution in [2.24, 2.45) is 10.7 Å². The highest BCUT2D eigenvalue weighted by atomic mass is 15.1. The van der Waals surface area contributed by atoms with E-state index in [1.165, 1.54) is 0 Å². The molecule has 0 bridgehead atoms. The lowest BCUT2D eigenvalue weighted by Crippen LogP contribution is -2.25. The molecule has 0 saturated heterocycles. The molecule has 2 aromatic rings. The number of fused-ring (bicyclic) bond motifs is 1. The molecule has 0 saturated carbocycles. The van der Waals surface area contributed by atoms with Crippen LogP contribution >= 0.6 is 0 Å². The lowest BCUT2D eigenvalue weighted by atomic mass is 10.1. The van der Waals surface area contributed by atoms with Gasteiger partial charge in [0.05, 0.1) is 0 Å². The van der Waals surface area contributed by atoms with Crippen LogP contribution in [0.25, 0.3) is 0 Å². The fourth-order valence-corrected chi connectivity index (χ4v) is 1.92. The molecule has 1 atom stereocenters. The molecule has 84 valence electrons. The summed E-state index contributed by atoms with van der Waals surface area (Å²) in [5, 5.41) is 3.35. The number of benzene rings is 1. The molecule has 0 amide bonds. The average Bonchev–Trinajstić information content (AvgIpc) is 2.40. The average molecular weight is 224 g/mol. The van der Waals surface area contributed by atoms with Gasteiger partial charge in [0.1, 0.15) is 12.0 Å². The molecule has 0 spiro atoms. The number of pyridine rings is 1. The molecule has 4 nitrogen and oxygen atoms in total. The highest BCUT2D eigenvalue weighted by Crippen LogP contribution is 2.27. The number of rotatable bonds is 1. The summed E-state index contributed by atoms with van der Waals surface area (Å²) in [7, 11) is 0. The van der Waals surface area contributed by atoms with Gasteiger partial charge in [-0.05, 0) is 29.8 Å². The largest absolute Gasteiger partial charge is 0.383 e. The van der Waals surface area contributed by atoms with E-state index in [9.17, 15) is 0 Å². The summed E-state index contributed by atoms with van der Waals surface area (Å²) in [6.07, 6.45) is 3.37. The summed E-state index contributed by atoms with van der Waals surface area (Å²) in [4.78, 5) is 8.45. The third-order valence-electron chi connectivity index (χ3n) is 2.79. The Bertz CT molecular complexity index is 563. The summed E-state index contributed by atoms with van der Waals surface area (Å²) >= 11 is 0. The maximum Gasteiger partial charge on any atom is 0.147 e. The number of hydrogen-bond donors (Lipinski definition) is 2. The number of nitrogens with one attached hydrogen (secondary N) is 1. The van der Waals surface area contributed by atoms with E-state index in [0.717, 1.165) is 16.8 Å². The summed E-state index contributed by atoms with van der Waals surface area (Å²) in [6.45, 7) is 0. The second kappa shape index (κ2) is 3.90. The van der Waals surface area contributed by atoms with E-state index >= 15 is 0 Å². The number of aliphatic imine (C=N–C) groups is 1. The molecule has 1 aliphatic rings. The van der Waals surface area contributed by atoms with Crippen molar-refractivity contribution in [3.63, 3.8) is 0 Å². The third kappa shape index (κ3) is 1.73. The third-order valence-corrected chi connectivity index (χ3v) is 2.79. The molecule has 0 radical (unpaired) electrons. The van der Waals surface area contributed by atoms with Gasteiger partial charge >= 0.3 is 0 Å². The number of hydrogen-bond acceptors (Lipinski definition) is 4. The zero-order valence-electron chi connectivity index (χ0n) is 9.17. The van der Waals surface area contributed by atoms with Crippen LogP contribution in [0.4, 0.5) is 5.69 Å². The van der Waals surface area contributed by atoms with Crippen LogP contribution in [0.1, 0.15) is 17.3 Å². The smallest absolute Gasteiger partial charge is 0.147 e. The van der Waals surface area contributed by atoms with Crippen molar-refractivity contribution in [1.29, 1.82) is 0 Å². The van der Waals surface area contributed by atoms with E-state index in [-0.39, 0.29) is 6.17 Å². The van der Waals surface area contributed by atoms with Crippen LogP contribution in [-0.4, -0.2) is 10.8 Å². The van der Waals surface area contributed by atoms with Gasteiger partial charge in [0.2, 0.25) is 0 Å². The van der Waals surface area contributed by atoms with Gasteiger partial charge in [-0.3, -0.25) is 4.98 Å². The minimum Gasteiger partial charge on any atom is -0.383 e. The molecule has 1 aliphatic heterocycles. The fourth-order valence-electron chi connectivity index (χ4n) is 1.92. The second-order valence-corrected chi connectivity index (χ2v) is 3.89. The molecule has 3 rings (SSSR count). The molecule has 3 N–H and O–H groups in total. The van der Waals surface area contributed by atoms with Crippen molar-refractivity contribution in [3.05, 3.63) is 59.9 Å². The van der Waals surface area contributed by atoms with Crippen LogP contribution in [0.2, 0.25) is 0 Å². The predicted octanol–water partition coefficient (Wildman–Crippen LogP) is 1.91. The van der Waals surface area contributed by atoms with Crippen LogP contribution in [-0.2, 0) is 0 Å². The van der Waals surface area contributed by atoms with Gasteiger partial charge < -0.3 is 11.1 Å². The summed E-state index contributed by atoms with van der Waals surface area (Å²) in [5.74, 6) is 0.571. The number of nitrogens with zero attached hydrogens (tertiary/aromatic N) is 2. The maximum atomic E-state index is 5.97. The van der Waals surface area contributed by atoms with Crippen molar-refractivity contribution in [1.82, 2.24) is 4.98 Å². The Morgan fingerprint density at radius 2 is 1.82 bits per heavy atom. The number of anilines is 1. The lowest BCUT2D eigenvalue weighted by Gasteiger charge is -2.24. The van der Waals surface area contributed by atoms with E-state index in [4.69, 9.17) is 5.73 Å². The van der Waals surface area contributed by atoms with Crippen LogP contribution < -0.4 is 11.1 Å². The molecule has 1 unspecified atom stereocenters. The summed E-state index contributed by atoms with van der Waals surface area (Å²) in [5.41, 5.74) is 8.99. The van der Waals surface area contributed by atoms with Gasteiger partial charge in [-0.2, -0.15) is 0 Å². The first-order chi connectivity index (χ1) is 8.34. The molecule has 2 heterocycles. The highest BCUT2D eigenvalue weighted by Gasteiger charge is 2.18. The first-order valence-corrected chi connectivity index (χ1v) is 5.44. The Labute approximate surface area is 99.2 Å². The lowest BCUT2D eigenvalue weighted by molar-refractivity contribution is 0.822. The van der Waals surface area contributed by atoms with Gasteiger partial charge in [0.25, 0.3) is 0 Å². The van der Waals surface area contributed by atoms with Crippen LogP contribution in [0.3, 0.4) is 0 Å². The molecule has 17 heavy (non-hydrogen) atoms. The number of para-hydroxylation sites is 1. The molecule has 1 aromatic carbocycles. The SMILES string of the molecule is NC1=NC(c2ccncc2)Nc2ccccc21. The van der Waals surface area contributed by atoms with Crippen molar-refractivity contribution < 1.29 is 0 Å². The van der Waals surface area contributed by atoms with Gasteiger partial charge in [-0.25, -0.2) is 4.99 Å². The quantitative estimate of drug-likeness (QED) is 0.777. The van der Waals surface area contributed by atoms with E-state index < -0.39 is 0 Å². The zero-order chi connectivity index (χ0) is 11.7. The number of nitrogens with two attached hydrogens (primary N) is 1. The van der Waals surface area contributed by atoms with Crippen LogP contribution in [0.5, 0.6) is 0 Å². The Hall–Kier alpha value is -2.36. The Morgan fingerprint density at radius 3 is 2.65 bits per heavy atom. The van der Waals surface area contributed by atoms with Crippen LogP contribution in [0.15, 0.2) is 53.8 Å². The molecular formula is C13H12N4. The second-order valence-electron chi connectivity index (χ2n) is 3.89. The van der Waals surface area contributed by atoms with E-state index in [1.54, 1.807) is 12.4 Å². The van der Waals surface area contributed by atoms with Crippen LogP contribution in [0, 0.1) is 0 Å². The van der Waals surface area contributed by atoms with Crippen molar-refractivity contribution in [2.45, 2.75) is 6.17 Å². The van der Waals surface area contributed by atoms with E-state index in [2.05, 4.69) is 15.3 Å². The van der Waals surface area contributed by atoms with E-state index in [0.29, 0.717) is 5.84 Å². The van der Waals surface area contributed by atoms with E-state index in [1.807, 2.05) is 36.4 Å². The Balaban J connectivity index is 2.02. The van der Waals surface area contributed by atoms with Gasteiger partial charge in [-0.1, -0.05) is 12.1 Å². The maximum absolute atomic E-state index is 5.97. The first-order valence-electron chi connectivity index (χ1n) is 5.44. The Morgan fingerprint density at radius 1 is 1.06 bits per heavy atom. The molecule has 0 aliphatic carbocycles. The minimum absolute atomic E-state index is 0.132. The fraction of sp³-hybridized carbons (Fsp3) is 0.0769. The normalized spacial score (nSPS) is 17.9. The Kier molecular flexibility index (Phi) is 2.26. The standard InChI is InChI=1S/C13H12N4/c14-12-10-3-1-2-4-11(10)16-13(17-12)9-5-7-15-8-6-9/h1-8,13,16H,(H2,14,17). The highest BCUT2D eigenvalue weighted by molar-refractivity contribution is 6.03. The number of amidine groups is 1. The first kappa shape index (κ1) is 9.84. The van der Waals surface area contributed by atoms with Gasteiger partial charge in [-0.15, -0.1) is 0 Å². The monoisotopic (exact) mass is 224 g/mol. The zero-order valence-corrected chi connectivity index (χ0v) is 9.17. The number of aromatic nitrogens is 1. The predicted molar refractivity (Wildman–Crippen MR) is 67.8 cm³/mol. The molecule has 4 heteroatoms. The molecule has 0 fully saturated rings.